The van der Waals surface area contributed by atoms with E-state index in [-0.39, 0.29) is 12.3 Å². The van der Waals surface area contributed by atoms with Crippen molar-refractivity contribution in [3.05, 3.63) is 53.6 Å². The number of aryl methyl sites for hydroxylation is 1. The van der Waals surface area contributed by atoms with Crippen LogP contribution in [-0.4, -0.2) is 18.2 Å². The van der Waals surface area contributed by atoms with Crippen LogP contribution in [0.3, 0.4) is 0 Å². The number of carbonyl (C=O) groups is 1. The van der Waals surface area contributed by atoms with Crippen LogP contribution in [0, 0.1) is 6.92 Å². The van der Waals surface area contributed by atoms with Crippen LogP contribution in [0.15, 0.2) is 42.5 Å². The fraction of sp³-hybridized carbons (Fsp3) is 0.278. The lowest BCUT2D eigenvalue weighted by Crippen LogP contribution is -2.03. The van der Waals surface area contributed by atoms with Gasteiger partial charge in [-0.25, -0.2) is 0 Å². The minimum absolute atomic E-state index is 0.0313. The van der Waals surface area contributed by atoms with Gasteiger partial charge >= 0.3 is 5.97 Å². The van der Waals surface area contributed by atoms with Gasteiger partial charge in [-0.1, -0.05) is 37.3 Å². The molecule has 0 bridgehead atoms. The van der Waals surface area contributed by atoms with E-state index in [4.69, 9.17) is 9.84 Å². The Kier molecular flexibility index (Phi) is 4.63. The number of carboxylic acids is 1. The van der Waals surface area contributed by atoms with E-state index in [9.17, 15) is 4.79 Å². The van der Waals surface area contributed by atoms with Crippen molar-refractivity contribution in [3.8, 4) is 16.9 Å². The molecule has 0 saturated heterocycles. The molecule has 0 amide bonds. The topological polar surface area (TPSA) is 46.5 Å². The molecule has 0 aliphatic carbocycles. The third-order valence-electron chi connectivity index (χ3n) is 3.71. The highest BCUT2D eigenvalue weighted by molar-refractivity contribution is 5.74. The molecule has 0 fully saturated rings. The van der Waals surface area contributed by atoms with E-state index in [2.05, 4.69) is 19.1 Å². The Bertz CT molecular complexity index is 647. The number of hydrogen-bond acceptors (Lipinski definition) is 2. The first-order valence-electron chi connectivity index (χ1n) is 6.98. The Balaban J connectivity index is 2.49. The third-order valence-corrected chi connectivity index (χ3v) is 3.71. The monoisotopic (exact) mass is 284 g/mol. The highest BCUT2D eigenvalue weighted by Gasteiger charge is 2.14. The summed E-state index contributed by atoms with van der Waals surface area (Å²) in [5, 5.41) is 8.95. The zero-order valence-electron chi connectivity index (χ0n) is 12.6. The van der Waals surface area contributed by atoms with Crippen molar-refractivity contribution >= 4 is 5.97 Å². The van der Waals surface area contributed by atoms with Gasteiger partial charge in [-0.2, -0.15) is 0 Å². The van der Waals surface area contributed by atoms with Crippen LogP contribution in [0.2, 0.25) is 0 Å². The van der Waals surface area contributed by atoms with Crippen LogP contribution >= 0.6 is 0 Å². The van der Waals surface area contributed by atoms with Gasteiger partial charge in [0.1, 0.15) is 5.75 Å². The molecule has 0 aliphatic heterocycles. The highest BCUT2D eigenvalue weighted by atomic mass is 16.5. The van der Waals surface area contributed by atoms with Gasteiger partial charge < -0.3 is 9.84 Å². The van der Waals surface area contributed by atoms with Gasteiger partial charge in [-0.05, 0) is 41.7 Å². The summed E-state index contributed by atoms with van der Waals surface area (Å²) in [5.74, 6) is -0.0116. The van der Waals surface area contributed by atoms with E-state index in [0.29, 0.717) is 0 Å². The van der Waals surface area contributed by atoms with Crippen LogP contribution in [0.1, 0.15) is 30.4 Å². The van der Waals surface area contributed by atoms with Gasteiger partial charge in [0.25, 0.3) is 0 Å². The minimum Gasteiger partial charge on any atom is -0.496 e. The van der Waals surface area contributed by atoms with Crippen molar-refractivity contribution in [1.82, 2.24) is 0 Å². The summed E-state index contributed by atoms with van der Waals surface area (Å²) in [6, 6.07) is 14.0. The fourth-order valence-electron chi connectivity index (χ4n) is 2.50. The summed E-state index contributed by atoms with van der Waals surface area (Å²) in [6.45, 7) is 3.99. The van der Waals surface area contributed by atoms with Crippen LogP contribution in [-0.2, 0) is 4.79 Å². The molecule has 3 heteroatoms. The Morgan fingerprint density at radius 2 is 1.90 bits per heavy atom. The Morgan fingerprint density at radius 1 is 1.19 bits per heavy atom. The van der Waals surface area contributed by atoms with E-state index in [1.807, 2.05) is 37.3 Å². The average molecular weight is 284 g/mol. The number of carboxylic acid groups (broad SMARTS) is 1. The first-order chi connectivity index (χ1) is 10.0. The summed E-state index contributed by atoms with van der Waals surface area (Å²) < 4.78 is 5.45. The van der Waals surface area contributed by atoms with Gasteiger partial charge in [-0.15, -0.1) is 0 Å². The maximum Gasteiger partial charge on any atom is 0.303 e. The van der Waals surface area contributed by atoms with Crippen LogP contribution < -0.4 is 4.74 Å². The number of methoxy groups -OCH3 is 1. The van der Waals surface area contributed by atoms with E-state index in [1.54, 1.807) is 7.11 Å². The Morgan fingerprint density at radius 3 is 2.52 bits per heavy atom. The van der Waals surface area contributed by atoms with Gasteiger partial charge in [0.15, 0.2) is 0 Å². The molecule has 2 aromatic rings. The molecule has 2 rings (SSSR count). The molecule has 1 N–H and O–H groups in total. The lowest BCUT2D eigenvalue weighted by atomic mass is 9.92. The summed E-state index contributed by atoms with van der Waals surface area (Å²) in [7, 11) is 1.65. The second-order valence-electron chi connectivity index (χ2n) is 5.27. The first-order valence-corrected chi connectivity index (χ1v) is 6.98. The van der Waals surface area contributed by atoms with Crippen molar-refractivity contribution in [1.29, 1.82) is 0 Å². The predicted molar refractivity (Wildman–Crippen MR) is 83.8 cm³/mol. The molecule has 1 atom stereocenters. The zero-order chi connectivity index (χ0) is 15.4. The molecule has 21 heavy (non-hydrogen) atoms. The molecular formula is C18H20O3. The summed E-state index contributed by atoms with van der Waals surface area (Å²) in [6.07, 6.45) is 0.125. The molecule has 0 saturated carbocycles. The van der Waals surface area contributed by atoms with E-state index in [1.165, 1.54) is 5.56 Å². The first kappa shape index (κ1) is 15.1. The van der Waals surface area contributed by atoms with E-state index < -0.39 is 5.97 Å². The van der Waals surface area contributed by atoms with Gasteiger partial charge in [0, 0.05) is 5.56 Å². The average Bonchev–Trinajstić information content (AvgIpc) is 2.46. The second-order valence-corrected chi connectivity index (χ2v) is 5.27. The maximum absolute atomic E-state index is 10.9. The molecule has 0 spiro atoms. The number of rotatable bonds is 5. The van der Waals surface area contributed by atoms with Gasteiger partial charge in [0.05, 0.1) is 13.5 Å². The summed E-state index contributed by atoms with van der Waals surface area (Å²) >= 11 is 0. The molecule has 0 aromatic heterocycles. The zero-order valence-corrected chi connectivity index (χ0v) is 12.6. The van der Waals surface area contributed by atoms with Gasteiger partial charge in [-0.3, -0.25) is 4.79 Å². The molecule has 2 aromatic carbocycles. The van der Waals surface area contributed by atoms with Crippen molar-refractivity contribution in [2.24, 2.45) is 0 Å². The smallest absolute Gasteiger partial charge is 0.303 e. The van der Waals surface area contributed by atoms with E-state index in [0.717, 1.165) is 22.4 Å². The number of aliphatic carboxylic acids is 1. The van der Waals surface area contributed by atoms with Crippen LogP contribution in [0.5, 0.6) is 5.75 Å². The SMILES string of the molecule is COc1ccc(C(C)CC(=O)O)cc1-c1ccccc1C. The maximum atomic E-state index is 10.9. The van der Waals surface area contributed by atoms with Crippen LogP contribution in [0.4, 0.5) is 0 Å². The quantitative estimate of drug-likeness (QED) is 0.892. The molecule has 3 nitrogen and oxygen atoms in total. The third kappa shape index (κ3) is 3.43. The molecular weight excluding hydrogens is 264 g/mol. The second kappa shape index (κ2) is 6.44. The Labute approximate surface area is 125 Å². The van der Waals surface area contributed by atoms with Crippen molar-refractivity contribution in [2.45, 2.75) is 26.2 Å². The molecule has 1 unspecified atom stereocenters. The largest absolute Gasteiger partial charge is 0.496 e. The Hall–Kier alpha value is -2.29. The highest BCUT2D eigenvalue weighted by Crippen LogP contribution is 2.35. The lowest BCUT2D eigenvalue weighted by molar-refractivity contribution is -0.137. The molecule has 0 radical (unpaired) electrons. The van der Waals surface area contributed by atoms with Gasteiger partial charge in [0.2, 0.25) is 0 Å². The fourth-order valence-corrected chi connectivity index (χ4v) is 2.50. The minimum atomic E-state index is -0.782. The number of hydrogen-bond donors (Lipinski definition) is 1. The van der Waals surface area contributed by atoms with Crippen molar-refractivity contribution < 1.29 is 14.6 Å². The molecule has 110 valence electrons. The number of ether oxygens (including phenoxy) is 1. The van der Waals surface area contributed by atoms with E-state index >= 15 is 0 Å². The van der Waals surface area contributed by atoms with Crippen molar-refractivity contribution in [2.75, 3.05) is 7.11 Å². The molecule has 0 aliphatic rings. The standard InChI is InChI=1S/C18H20O3/c1-12-6-4-5-7-15(12)16-11-14(8-9-17(16)21-3)13(2)10-18(19)20/h4-9,11,13H,10H2,1-3H3,(H,19,20). The predicted octanol–water partition coefficient (Wildman–Crippen LogP) is 4.25. The molecule has 0 heterocycles. The normalized spacial score (nSPS) is 12.0. The van der Waals surface area contributed by atoms with Crippen LogP contribution in [0.25, 0.3) is 11.1 Å². The lowest BCUT2D eigenvalue weighted by Gasteiger charge is -2.15. The number of benzene rings is 2. The summed E-state index contributed by atoms with van der Waals surface area (Å²) in [5.41, 5.74) is 4.29. The van der Waals surface area contributed by atoms with Crippen molar-refractivity contribution in [3.63, 3.8) is 0 Å². The summed E-state index contributed by atoms with van der Waals surface area (Å²) in [4.78, 5) is 10.9.